The Hall–Kier alpha value is -3.47. The van der Waals surface area contributed by atoms with Crippen LogP contribution in [0.1, 0.15) is 18.5 Å². The average Bonchev–Trinajstić information content (AvgIpc) is 2.74. The quantitative estimate of drug-likeness (QED) is 0.479. The molecule has 4 aromatic rings. The predicted octanol–water partition coefficient (Wildman–Crippen LogP) is 5.68. The summed E-state index contributed by atoms with van der Waals surface area (Å²) in [6.45, 7) is 1.96. The minimum absolute atomic E-state index is 0.213. The van der Waals surface area contributed by atoms with Gasteiger partial charge in [0.2, 0.25) is 0 Å². The summed E-state index contributed by atoms with van der Waals surface area (Å²) in [6, 6.07) is 18.8. The van der Waals surface area contributed by atoms with E-state index in [4.69, 9.17) is 0 Å². The Morgan fingerprint density at radius 2 is 1.72 bits per heavy atom. The molecular formula is C24H23FN4. The summed E-state index contributed by atoms with van der Waals surface area (Å²) >= 11 is 0. The highest BCUT2D eigenvalue weighted by Crippen LogP contribution is 2.30. The molecule has 4 nitrogen and oxygen atoms in total. The first-order chi connectivity index (χ1) is 14.0. The van der Waals surface area contributed by atoms with Gasteiger partial charge >= 0.3 is 0 Å². The Morgan fingerprint density at radius 3 is 2.48 bits per heavy atom. The van der Waals surface area contributed by atoms with Crippen molar-refractivity contribution >= 4 is 22.4 Å². The summed E-state index contributed by atoms with van der Waals surface area (Å²) < 4.78 is 14.6. The zero-order valence-corrected chi connectivity index (χ0v) is 16.7. The molecule has 1 unspecified atom stereocenters. The van der Waals surface area contributed by atoms with E-state index in [9.17, 15) is 4.39 Å². The summed E-state index contributed by atoms with van der Waals surface area (Å²) in [6.07, 6.45) is 3.59. The van der Waals surface area contributed by atoms with Crippen LogP contribution in [0.5, 0.6) is 0 Å². The highest BCUT2D eigenvalue weighted by atomic mass is 19.1. The SMILES string of the molecule is CC(Nc1ccnc2ccccc12)c1cc(-c2ccc(N(C)C)nc2)ccc1F. The topological polar surface area (TPSA) is 41.1 Å². The summed E-state index contributed by atoms with van der Waals surface area (Å²) in [4.78, 5) is 10.8. The van der Waals surface area contributed by atoms with Crippen LogP contribution in [0.15, 0.2) is 73.1 Å². The Bertz CT molecular complexity index is 1130. The monoisotopic (exact) mass is 386 g/mol. The largest absolute Gasteiger partial charge is 0.378 e. The van der Waals surface area contributed by atoms with Gasteiger partial charge in [-0.3, -0.25) is 4.98 Å². The molecule has 4 rings (SSSR count). The fourth-order valence-corrected chi connectivity index (χ4v) is 3.41. The fourth-order valence-electron chi connectivity index (χ4n) is 3.41. The standard InChI is InChI=1S/C24H23FN4/c1-16(28-23-12-13-26-22-7-5-4-6-19(22)23)20-14-17(8-10-21(20)25)18-9-11-24(27-15-18)29(2)3/h4-16H,1-3H3,(H,26,28). The van der Waals surface area contributed by atoms with Crippen molar-refractivity contribution < 1.29 is 4.39 Å². The number of hydrogen-bond acceptors (Lipinski definition) is 4. The van der Waals surface area contributed by atoms with Crippen molar-refractivity contribution in [1.82, 2.24) is 9.97 Å². The van der Waals surface area contributed by atoms with E-state index in [1.165, 1.54) is 6.07 Å². The van der Waals surface area contributed by atoms with Gasteiger partial charge in [-0.1, -0.05) is 24.3 Å². The molecule has 0 saturated heterocycles. The Labute approximate surface area is 170 Å². The third-order valence-corrected chi connectivity index (χ3v) is 5.02. The van der Waals surface area contributed by atoms with E-state index in [2.05, 4.69) is 15.3 Å². The Balaban J connectivity index is 1.64. The number of anilines is 2. The lowest BCUT2D eigenvalue weighted by Crippen LogP contribution is -2.10. The Kier molecular flexibility index (Phi) is 5.12. The van der Waals surface area contributed by atoms with E-state index in [0.717, 1.165) is 33.5 Å². The third-order valence-electron chi connectivity index (χ3n) is 5.02. The summed E-state index contributed by atoms with van der Waals surface area (Å²) in [5.74, 6) is 0.653. The number of nitrogens with zero attached hydrogens (tertiary/aromatic N) is 3. The van der Waals surface area contributed by atoms with Gasteiger partial charge in [0, 0.05) is 48.7 Å². The van der Waals surface area contributed by atoms with Crippen LogP contribution in [0.4, 0.5) is 15.9 Å². The van der Waals surface area contributed by atoms with E-state index in [1.807, 2.05) is 80.6 Å². The molecule has 5 heteroatoms. The maximum absolute atomic E-state index is 14.6. The average molecular weight is 386 g/mol. The normalized spacial score (nSPS) is 12.0. The number of benzene rings is 2. The highest BCUT2D eigenvalue weighted by molar-refractivity contribution is 5.91. The molecule has 2 aromatic carbocycles. The van der Waals surface area contributed by atoms with Gasteiger partial charge < -0.3 is 10.2 Å². The van der Waals surface area contributed by atoms with Crippen LogP contribution in [0.2, 0.25) is 0 Å². The maximum atomic E-state index is 14.6. The smallest absolute Gasteiger partial charge is 0.128 e. The zero-order chi connectivity index (χ0) is 20.4. The van der Waals surface area contributed by atoms with Gasteiger partial charge in [-0.25, -0.2) is 9.37 Å². The molecule has 0 saturated carbocycles. The van der Waals surface area contributed by atoms with E-state index in [0.29, 0.717) is 5.56 Å². The van der Waals surface area contributed by atoms with Crippen LogP contribution in [0.25, 0.3) is 22.0 Å². The lowest BCUT2D eigenvalue weighted by atomic mass is 10.00. The van der Waals surface area contributed by atoms with Crippen molar-refractivity contribution in [3.8, 4) is 11.1 Å². The fraction of sp³-hybridized carbons (Fsp3) is 0.167. The number of halogens is 1. The second kappa shape index (κ2) is 7.87. The van der Waals surface area contributed by atoms with Crippen LogP contribution in [0.3, 0.4) is 0 Å². The number of para-hydroxylation sites is 1. The van der Waals surface area contributed by atoms with Gasteiger partial charge in [0.05, 0.1) is 11.6 Å². The molecule has 2 aromatic heterocycles. The second-order valence-electron chi connectivity index (χ2n) is 7.28. The summed E-state index contributed by atoms with van der Waals surface area (Å²) in [5.41, 5.74) is 4.35. The number of rotatable bonds is 5. The number of nitrogens with one attached hydrogen (secondary N) is 1. The van der Waals surface area contributed by atoms with Gasteiger partial charge in [0.1, 0.15) is 11.6 Å². The van der Waals surface area contributed by atoms with Crippen molar-refractivity contribution in [2.24, 2.45) is 0 Å². The van der Waals surface area contributed by atoms with Crippen LogP contribution < -0.4 is 10.2 Å². The first-order valence-electron chi connectivity index (χ1n) is 9.56. The lowest BCUT2D eigenvalue weighted by Gasteiger charge is -2.19. The first-order valence-corrected chi connectivity index (χ1v) is 9.56. The molecule has 2 heterocycles. The molecule has 1 atom stereocenters. The van der Waals surface area contributed by atoms with Crippen molar-refractivity contribution in [2.75, 3.05) is 24.3 Å². The molecule has 1 N–H and O–H groups in total. The van der Waals surface area contributed by atoms with Crippen LogP contribution >= 0.6 is 0 Å². The number of pyridine rings is 2. The molecular weight excluding hydrogens is 363 g/mol. The van der Waals surface area contributed by atoms with Gasteiger partial charge in [-0.05, 0) is 48.9 Å². The van der Waals surface area contributed by atoms with Crippen LogP contribution in [0, 0.1) is 5.82 Å². The Morgan fingerprint density at radius 1 is 0.931 bits per heavy atom. The predicted molar refractivity (Wildman–Crippen MR) is 118 cm³/mol. The first kappa shape index (κ1) is 18.9. The molecule has 0 spiro atoms. The lowest BCUT2D eigenvalue weighted by molar-refractivity contribution is 0.600. The van der Waals surface area contributed by atoms with Crippen molar-refractivity contribution in [3.63, 3.8) is 0 Å². The van der Waals surface area contributed by atoms with Crippen molar-refractivity contribution in [3.05, 3.63) is 84.4 Å². The minimum Gasteiger partial charge on any atom is -0.378 e. The molecule has 0 bridgehead atoms. The third kappa shape index (κ3) is 3.90. The molecule has 0 aliphatic carbocycles. The van der Waals surface area contributed by atoms with Crippen molar-refractivity contribution in [2.45, 2.75) is 13.0 Å². The molecule has 0 aliphatic rings. The number of hydrogen-bond donors (Lipinski definition) is 1. The number of aromatic nitrogens is 2. The van der Waals surface area contributed by atoms with Crippen molar-refractivity contribution in [1.29, 1.82) is 0 Å². The van der Waals surface area contributed by atoms with Gasteiger partial charge in [-0.15, -0.1) is 0 Å². The zero-order valence-electron chi connectivity index (χ0n) is 16.7. The maximum Gasteiger partial charge on any atom is 0.128 e. The van der Waals surface area contributed by atoms with Crippen LogP contribution in [-0.2, 0) is 0 Å². The molecule has 0 aliphatic heterocycles. The number of fused-ring (bicyclic) bond motifs is 1. The molecule has 0 amide bonds. The molecule has 0 fully saturated rings. The van der Waals surface area contributed by atoms with Gasteiger partial charge in [-0.2, -0.15) is 0 Å². The van der Waals surface area contributed by atoms with Gasteiger partial charge in [0.25, 0.3) is 0 Å². The van der Waals surface area contributed by atoms with E-state index in [-0.39, 0.29) is 11.9 Å². The minimum atomic E-state index is -0.231. The van der Waals surface area contributed by atoms with E-state index < -0.39 is 0 Å². The molecule has 146 valence electrons. The van der Waals surface area contributed by atoms with Crippen LogP contribution in [-0.4, -0.2) is 24.1 Å². The second-order valence-corrected chi connectivity index (χ2v) is 7.28. The van der Waals surface area contributed by atoms with Gasteiger partial charge in [0.15, 0.2) is 0 Å². The molecule has 0 radical (unpaired) electrons. The summed E-state index contributed by atoms with van der Waals surface area (Å²) in [5, 5.41) is 4.46. The highest BCUT2D eigenvalue weighted by Gasteiger charge is 2.14. The molecule has 29 heavy (non-hydrogen) atoms. The van der Waals surface area contributed by atoms with E-state index >= 15 is 0 Å². The summed E-state index contributed by atoms with van der Waals surface area (Å²) in [7, 11) is 3.91. The van der Waals surface area contributed by atoms with E-state index in [1.54, 1.807) is 12.3 Å².